The zero-order valence-corrected chi connectivity index (χ0v) is 14.5. The Bertz CT molecular complexity index is 496. The number of rotatable bonds is 8. The average Bonchev–Trinajstić information content (AvgIpc) is 3.27. The Morgan fingerprint density at radius 2 is 2.14 bits per heavy atom. The van der Waals surface area contributed by atoms with Crippen LogP contribution in [0, 0.1) is 5.92 Å². The molecule has 1 aromatic rings. The van der Waals surface area contributed by atoms with E-state index >= 15 is 0 Å². The normalized spacial score (nSPS) is 14.9. The molecule has 0 heterocycles. The van der Waals surface area contributed by atoms with E-state index in [9.17, 15) is 4.79 Å². The lowest BCUT2D eigenvalue weighted by molar-refractivity contribution is -0.122. The maximum absolute atomic E-state index is 11.8. The molecule has 22 heavy (non-hydrogen) atoms. The maximum atomic E-state index is 11.8. The first kappa shape index (κ1) is 19.4. The summed E-state index contributed by atoms with van der Waals surface area (Å²) in [4.78, 5) is 11.8. The molecule has 0 aliphatic heterocycles. The smallest absolute Gasteiger partial charge is 0.220 e. The minimum atomic E-state index is 0. The Hall–Kier alpha value is -0.680. The van der Waals surface area contributed by atoms with Crippen molar-refractivity contribution < 1.29 is 9.53 Å². The van der Waals surface area contributed by atoms with E-state index in [2.05, 4.69) is 5.32 Å². The van der Waals surface area contributed by atoms with Crippen LogP contribution in [0.25, 0.3) is 0 Å². The van der Waals surface area contributed by atoms with Crippen LogP contribution in [0.4, 0.5) is 0 Å². The van der Waals surface area contributed by atoms with Crippen molar-refractivity contribution in [1.29, 1.82) is 0 Å². The number of amides is 1. The number of nitrogens with two attached hydrogens (primary N) is 1. The predicted octanol–water partition coefficient (Wildman–Crippen LogP) is 3.43. The summed E-state index contributed by atoms with van der Waals surface area (Å²) in [6, 6.07) is 5.20. The molecule has 7 heteroatoms. The summed E-state index contributed by atoms with van der Waals surface area (Å²) in [5, 5.41) is 4.03. The molecule has 0 radical (unpaired) electrons. The molecule has 124 valence electrons. The molecule has 1 aliphatic carbocycles. The molecular weight excluding hydrogens is 347 g/mol. The number of halogens is 3. The molecule has 0 aromatic heterocycles. The maximum Gasteiger partial charge on any atom is 0.220 e. The van der Waals surface area contributed by atoms with Gasteiger partial charge in [0.2, 0.25) is 5.91 Å². The Kier molecular flexibility index (Phi) is 8.33. The van der Waals surface area contributed by atoms with Crippen LogP contribution in [-0.2, 0) is 4.79 Å². The SMILES string of the molecule is Cl.NCC(NC(=O)CCCOc1ccc(Cl)cc1Cl)C1CC1. The second kappa shape index (κ2) is 9.46. The van der Waals surface area contributed by atoms with E-state index in [0.29, 0.717) is 47.7 Å². The van der Waals surface area contributed by atoms with Crippen LogP contribution >= 0.6 is 35.6 Å². The molecule has 4 nitrogen and oxygen atoms in total. The van der Waals surface area contributed by atoms with Crippen LogP contribution in [0.2, 0.25) is 10.0 Å². The van der Waals surface area contributed by atoms with Crippen molar-refractivity contribution in [1.82, 2.24) is 5.32 Å². The number of benzene rings is 1. The van der Waals surface area contributed by atoms with Crippen LogP contribution in [0.15, 0.2) is 18.2 Å². The highest BCUT2D eigenvalue weighted by Gasteiger charge is 2.30. The molecular formula is C15H21Cl3N2O2. The largest absolute Gasteiger partial charge is 0.492 e. The van der Waals surface area contributed by atoms with E-state index in [1.807, 2.05) is 0 Å². The van der Waals surface area contributed by atoms with Gasteiger partial charge in [0.15, 0.2) is 0 Å². The highest BCUT2D eigenvalue weighted by Crippen LogP contribution is 2.32. The minimum absolute atomic E-state index is 0. The molecule has 1 saturated carbocycles. The molecule has 0 spiro atoms. The topological polar surface area (TPSA) is 64.3 Å². The van der Waals surface area contributed by atoms with E-state index in [0.717, 1.165) is 0 Å². The highest BCUT2D eigenvalue weighted by molar-refractivity contribution is 6.35. The summed E-state index contributed by atoms with van der Waals surface area (Å²) in [6.45, 7) is 0.943. The Balaban J connectivity index is 0.00000242. The highest BCUT2D eigenvalue weighted by atomic mass is 35.5. The summed E-state index contributed by atoms with van der Waals surface area (Å²) in [5.74, 6) is 1.19. The van der Waals surface area contributed by atoms with Crippen molar-refractivity contribution in [2.24, 2.45) is 11.7 Å². The number of hydrogen-bond donors (Lipinski definition) is 2. The standard InChI is InChI=1S/C15H20Cl2N2O2.ClH/c16-11-5-6-14(12(17)8-11)21-7-1-2-15(20)19-13(9-18)10-3-4-10;/h5-6,8,10,13H,1-4,7,9,18H2,(H,19,20);1H. The Labute approximate surface area is 147 Å². The van der Waals surface area contributed by atoms with Gasteiger partial charge in [-0.15, -0.1) is 12.4 Å². The first-order chi connectivity index (χ1) is 10.1. The molecule has 0 saturated heterocycles. The second-order valence-electron chi connectivity index (χ2n) is 5.27. The predicted molar refractivity (Wildman–Crippen MR) is 92.1 cm³/mol. The van der Waals surface area contributed by atoms with Gasteiger partial charge in [-0.05, 0) is 43.4 Å². The Morgan fingerprint density at radius 3 is 2.73 bits per heavy atom. The van der Waals surface area contributed by atoms with Gasteiger partial charge in [0.25, 0.3) is 0 Å². The lowest BCUT2D eigenvalue weighted by atomic mass is 10.2. The summed E-state index contributed by atoms with van der Waals surface area (Å²) in [7, 11) is 0. The van der Waals surface area contributed by atoms with Crippen molar-refractivity contribution in [3.05, 3.63) is 28.2 Å². The van der Waals surface area contributed by atoms with Crippen LogP contribution in [0.5, 0.6) is 5.75 Å². The minimum Gasteiger partial charge on any atom is -0.492 e. The van der Waals surface area contributed by atoms with E-state index < -0.39 is 0 Å². The molecule has 1 amide bonds. The fourth-order valence-corrected chi connectivity index (χ4v) is 2.62. The number of carbonyl (C=O) groups excluding carboxylic acids is 1. The first-order valence-corrected chi connectivity index (χ1v) is 7.93. The van der Waals surface area contributed by atoms with Gasteiger partial charge in [0.1, 0.15) is 5.75 Å². The van der Waals surface area contributed by atoms with Gasteiger partial charge in [0.05, 0.1) is 11.6 Å². The Morgan fingerprint density at radius 1 is 1.41 bits per heavy atom. The quantitative estimate of drug-likeness (QED) is 0.692. The molecule has 1 fully saturated rings. The zero-order valence-electron chi connectivity index (χ0n) is 12.2. The average molecular weight is 368 g/mol. The van der Waals surface area contributed by atoms with Crippen molar-refractivity contribution >= 4 is 41.5 Å². The fraction of sp³-hybridized carbons (Fsp3) is 0.533. The van der Waals surface area contributed by atoms with E-state index in [1.165, 1.54) is 12.8 Å². The lowest BCUT2D eigenvalue weighted by Crippen LogP contribution is -2.41. The van der Waals surface area contributed by atoms with Gasteiger partial charge in [0, 0.05) is 24.0 Å². The van der Waals surface area contributed by atoms with E-state index in [-0.39, 0.29) is 24.4 Å². The van der Waals surface area contributed by atoms with E-state index in [1.54, 1.807) is 18.2 Å². The fourth-order valence-electron chi connectivity index (χ4n) is 2.15. The summed E-state index contributed by atoms with van der Waals surface area (Å²) in [5.41, 5.74) is 5.66. The van der Waals surface area contributed by atoms with Crippen LogP contribution < -0.4 is 15.8 Å². The number of ether oxygens (including phenoxy) is 1. The molecule has 1 aliphatic rings. The van der Waals surface area contributed by atoms with Crippen molar-refractivity contribution in [3.63, 3.8) is 0 Å². The lowest BCUT2D eigenvalue weighted by Gasteiger charge is -2.16. The third-order valence-electron chi connectivity index (χ3n) is 3.49. The van der Waals surface area contributed by atoms with Gasteiger partial charge in [-0.2, -0.15) is 0 Å². The third-order valence-corrected chi connectivity index (χ3v) is 4.02. The number of hydrogen-bond acceptors (Lipinski definition) is 3. The van der Waals surface area contributed by atoms with Gasteiger partial charge >= 0.3 is 0 Å². The van der Waals surface area contributed by atoms with Crippen LogP contribution in [-0.4, -0.2) is 25.1 Å². The summed E-state index contributed by atoms with van der Waals surface area (Å²) >= 11 is 11.8. The molecule has 1 unspecified atom stereocenters. The molecule has 3 N–H and O–H groups in total. The number of carbonyl (C=O) groups is 1. The van der Waals surface area contributed by atoms with Gasteiger partial charge < -0.3 is 15.8 Å². The molecule has 2 rings (SSSR count). The van der Waals surface area contributed by atoms with Crippen molar-refractivity contribution in [3.8, 4) is 5.75 Å². The molecule has 1 atom stereocenters. The van der Waals surface area contributed by atoms with Crippen molar-refractivity contribution in [2.45, 2.75) is 31.7 Å². The first-order valence-electron chi connectivity index (χ1n) is 7.17. The summed E-state index contributed by atoms with van der Waals surface area (Å²) < 4.78 is 5.54. The second-order valence-corrected chi connectivity index (χ2v) is 6.12. The van der Waals surface area contributed by atoms with Gasteiger partial charge in [-0.25, -0.2) is 0 Å². The molecule has 0 bridgehead atoms. The van der Waals surface area contributed by atoms with E-state index in [4.69, 9.17) is 33.7 Å². The van der Waals surface area contributed by atoms with Crippen LogP contribution in [0.3, 0.4) is 0 Å². The van der Waals surface area contributed by atoms with Gasteiger partial charge in [-0.1, -0.05) is 23.2 Å². The van der Waals surface area contributed by atoms with Gasteiger partial charge in [-0.3, -0.25) is 4.79 Å². The zero-order chi connectivity index (χ0) is 15.2. The third kappa shape index (κ3) is 6.21. The van der Waals surface area contributed by atoms with Crippen LogP contribution in [0.1, 0.15) is 25.7 Å². The number of nitrogens with one attached hydrogen (secondary N) is 1. The molecule has 1 aromatic carbocycles. The summed E-state index contributed by atoms with van der Waals surface area (Å²) in [6.07, 6.45) is 3.39. The monoisotopic (exact) mass is 366 g/mol. The van der Waals surface area contributed by atoms with Crippen molar-refractivity contribution in [2.75, 3.05) is 13.2 Å².